The Bertz CT molecular complexity index is 596. The number of amides is 1. The minimum absolute atomic E-state index is 0.0488. The lowest BCUT2D eigenvalue weighted by Gasteiger charge is -2.56. The van der Waals surface area contributed by atoms with E-state index in [1.165, 1.54) is 38.5 Å². The van der Waals surface area contributed by atoms with E-state index in [0.29, 0.717) is 12.1 Å². The van der Waals surface area contributed by atoms with Crippen molar-refractivity contribution in [2.45, 2.75) is 50.2 Å². The van der Waals surface area contributed by atoms with Crippen molar-refractivity contribution in [3.63, 3.8) is 0 Å². The molecule has 4 aliphatic rings. The summed E-state index contributed by atoms with van der Waals surface area (Å²) in [6.45, 7) is 0.405. The molecule has 4 saturated carbocycles. The SMILES string of the molecule is O=C(NC12CC3CC(CC(C3)C1)C2)c1ccc(NCC(O)CCl)cc1. The van der Waals surface area contributed by atoms with Crippen molar-refractivity contribution in [1.82, 2.24) is 5.32 Å². The van der Waals surface area contributed by atoms with E-state index in [1.807, 2.05) is 24.3 Å². The zero-order chi connectivity index (χ0) is 17.4. The molecule has 4 nitrogen and oxygen atoms in total. The number of hydrogen-bond acceptors (Lipinski definition) is 3. The summed E-state index contributed by atoms with van der Waals surface area (Å²) in [6, 6.07) is 7.47. The third kappa shape index (κ3) is 3.65. The van der Waals surface area contributed by atoms with Gasteiger partial charge >= 0.3 is 0 Å². The number of halogens is 1. The van der Waals surface area contributed by atoms with Gasteiger partial charge in [0.05, 0.1) is 12.0 Å². The van der Waals surface area contributed by atoms with Crippen LogP contribution in [0.1, 0.15) is 48.9 Å². The quantitative estimate of drug-likeness (QED) is 0.680. The summed E-state index contributed by atoms with van der Waals surface area (Å²) in [7, 11) is 0. The minimum Gasteiger partial charge on any atom is -0.390 e. The molecule has 1 aromatic carbocycles. The Hall–Kier alpha value is -1.26. The van der Waals surface area contributed by atoms with Gasteiger partial charge in [-0.1, -0.05) is 0 Å². The fraction of sp³-hybridized carbons (Fsp3) is 0.650. The molecule has 3 N–H and O–H groups in total. The number of nitrogens with one attached hydrogen (secondary N) is 2. The topological polar surface area (TPSA) is 61.4 Å². The van der Waals surface area contributed by atoms with Crippen LogP contribution in [0.3, 0.4) is 0 Å². The number of carbonyl (C=O) groups excluding carboxylic acids is 1. The van der Waals surface area contributed by atoms with Crippen molar-refractivity contribution in [3.05, 3.63) is 29.8 Å². The van der Waals surface area contributed by atoms with E-state index in [-0.39, 0.29) is 17.3 Å². The van der Waals surface area contributed by atoms with Gasteiger partial charge in [-0.2, -0.15) is 0 Å². The van der Waals surface area contributed by atoms with E-state index in [1.54, 1.807) is 0 Å². The molecule has 5 rings (SSSR count). The van der Waals surface area contributed by atoms with Crippen LogP contribution in [0, 0.1) is 17.8 Å². The number of rotatable bonds is 6. The van der Waals surface area contributed by atoms with Crippen molar-refractivity contribution in [1.29, 1.82) is 0 Å². The summed E-state index contributed by atoms with van der Waals surface area (Å²) in [4.78, 5) is 12.8. The van der Waals surface area contributed by atoms with Crippen LogP contribution < -0.4 is 10.6 Å². The molecule has 25 heavy (non-hydrogen) atoms. The first-order valence-electron chi connectivity index (χ1n) is 9.46. The number of aliphatic hydroxyl groups is 1. The molecule has 0 radical (unpaired) electrons. The first-order valence-corrected chi connectivity index (χ1v) is 9.99. The van der Waals surface area contributed by atoms with Crippen molar-refractivity contribution < 1.29 is 9.90 Å². The Morgan fingerprint density at radius 3 is 2.20 bits per heavy atom. The van der Waals surface area contributed by atoms with Crippen LogP contribution in [-0.4, -0.2) is 35.1 Å². The largest absolute Gasteiger partial charge is 0.390 e. The number of benzene rings is 1. The highest BCUT2D eigenvalue weighted by molar-refractivity contribution is 6.18. The molecule has 1 atom stereocenters. The van der Waals surface area contributed by atoms with Gasteiger partial charge in [-0.15, -0.1) is 11.6 Å². The molecule has 5 heteroatoms. The second kappa shape index (κ2) is 6.81. The van der Waals surface area contributed by atoms with Crippen LogP contribution in [0.4, 0.5) is 5.69 Å². The molecule has 0 heterocycles. The van der Waals surface area contributed by atoms with Crippen molar-refractivity contribution >= 4 is 23.2 Å². The molecule has 1 amide bonds. The summed E-state index contributed by atoms with van der Waals surface area (Å²) >= 11 is 5.59. The van der Waals surface area contributed by atoms with Gasteiger partial charge in [-0.25, -0.2) is 0 Å². The number of alkyl halides is 1. The lowest BCUT2D eigenvalue weighted by atomic mass is 9.53. The second-order valence-corrected chi connectivity index (χ2v) is 8.73. The molecule has 0 aromatic heterocycles. The first kappa shape index (κ1) is 17.2. The predicted octanol–water partition coefficient (Wildman–Crippen LogP) is 3.40. The normalized spacial score (nSPS) is 33.9. The Morgan fingerprint density at radius 1 is 1.12 bits per heavy atom. The Morgan fingerprint density at radius 2 is 1.68 bits per heavy atom. The standard InChI is InChI=1S/C20H27ClN2O2/c21-11-18(24)12-22-17-3-1-16(2-4-17)19(25)23-20-8-13-5-14(9-20)7-15(6-13)10-20/h1-4,13-15,18,22,24H,5-12H2,(H,23,25). The summed E-state index contributed by atoms with van der Waals surface area (Å²) in [6.07, 6.45) is 7.07. The third-order valence-electron chi connectivity index (χ3n) is 6.28. The van der Waals surface area contributed by atoms with E-state index in [0.717, 1.165) is 23.4 Å². The van der Waals surface area contributed by atoms with Crippen molar-refractivity contribution in [3.8, 4) is 0 Å². The lowest BCUT2D eigenvalue weighted by Crippen LogP contribution is -2.59. The van der Waals surface area contributed by atoms with Crippen LogP contribution >= 0.6 is 11.6 Å². The van der Waals surface area contributed by atoms with Gasteiger partial charge in [-0.05, 0) is 80.5 Å². The predicted molar refractivity (Wildman–Crippen MR) is 100 cm³/mol. The maximum atomic E-state index is 12.8. The van der Waals surface area contributed by atoms with Crippen molar-refractivity contribution in [2.24, 2.45) is 17.8 Å². The molecule has 4 aliphatic carbocycles. The average molecular weight is 363 g/mol. The second-order valence-electron chi connectivity index (χ2n) is 8.42. The number of anilines is 1. The highest BCUT2D eigenvalue weighted by atomic mass is 35.5. The Labute approximate surface area is 154 Å². The average Bonchev–Trinajstić information content (AvgIpc) is 2.58. The number of hydrogen-bond donors (Lipinski definition) is 3. The molecule has 0 saturated heterocycles. The van der Waals surface area contributed by atoms with Crippen LogP contribution in [0.15, 0.2) is 24.3 Å². The van der Waals surface area contributed by atoms with Crippen LogP contribution in [-0.2, 0) is 0 Å². The Kier molecular flexibility index (Phi) is 4.67. The van der Waals surface area contributed by atoms with Crippen LogP contribution in [0.2, 0.25) is 0 Å². The van der Waals surface area contributed by atoms with Crippen molar-refractivity contribution in [2.75, 3.05) is 17.7 Å². The molecule has 1 unspecified atom stereocenters. The molecule has 0 spiro atoms. The van der Waals surface area contributed by atoms with E-state index >= 15 is 0 Å². The monoisotopic (exact) mass is 362 g/mol. The Balaban J connectivity index is 1.38. The van der Waals surface area contributed by atoms with E-state index in [4.69, 9.17) is 11.6 Å². The summed E-state index contributed by atoms with van der Waals surface area (Å²) in [5.74, 6) is 2.73. The fourth-order valence-corrected chi connectivity index (χ4v) is 5.72. The molecule has 4 bridgehead atoms. The van der Waals surface area contributed by atoms with Gasteiger partial charge in [0.15, 0.2) is 0 Å². The summed E-state index contributed by atoms with van der Waals surface area (Å²) < 4.78 is 0. The molecule has 0 aliphatic heterocycles. The summed E-state index contributed by atoms with van der Waals surface area (Å²) in [5.41, 5.74) is 1.64. The van der Waals surface area contributed by atoms with Gasteiger partial charge in [0.1, 0.15) is 0 Å². The van der Waals surface area contributed by atoms with Gasteiger partial charge in [0.2, 0.25) is 0 Å². The molecular formula is C20H27ClN2O2. The molecule has 4 fully saturated rings. The number of carbonyl (C=O) groups is 1. The molecule has 136 valence electrons. The van der Waals surface area contributed by atoms with E-state index < -0.39 is 6.10 Å². The highest BCUT2D eigenvalue weighted by Gasteiger charge is 2.51. The van der Waals surface area contributed by atoms with Crippen LogP contribution in [0.5, 0.6) is 0 Å². The van der Waals surface area contributed by atoms with Gasteiger partial charge in [-0.3, -0.25) is 4.79 Å². The van der Waals surface area contributed by atoms with Crippen LogP contribution in [0.25, 0.3) is 0 Å². The molecular weight excluding hydrogens is 336 g/mol. The van der Waals surface area contributed by atoms with E-state index in [9.17, 15) is 9.90 Å². The summed E-state index contributed by atoms with van der Waals surface area (Å²) in [5, 5.41) is 16.0. The highest BCUT2D eigenvalue weighted by Crippen LogP contribution is 2.55. The van der Waals surface area contributed by atoms with Gasteiger partial charge < -0.3 is 15.7 Å². The zero-order valence-electron chi connectivity index (χ0n) is 14.5. The first-order chi connectivity index (χ1) is 12.0. The zero-order valence-corrected chi connectivity index (χ0v) is 15.3. The van der Waals surface area contributed by atoms with Gasteiger partial charge in [0, 0.05) is 23.3 Å². The smallest absolute Gasteiger partial charge is 0.251 e. The minimum atomic E-state index is -0.569. The van der Waals surface area contributed by atoms with E-state index in [2.05, 4.69) is 10.6 Å². The maximum absolute atomic E-state index is 12.8. The van der Waals surface area contributed by atoms with Gasteiger partial charge in [0.25, 0.3) is 5.91 Å². The molecule has 1 aromatic rings. The fourth-order valence-electron chi connectivity index (χ4n) is 5.61. The third-order valence-corrected chi connectivity index (χ3v) is 6.64. The lowest BCUT2D eigenvalue weighted by molar-refractivity contribution is -0.0167. The maximum Gasteiger partial charge on any atom is 0.251 e. The number of aliphatic hydroxyl groups excluding tert-OH is 1.